The second kappa shape index (κ2) is 8.48. The van der Waals surface area contributed by atoms with Crippen LogP contribution in [0.15, 0.2) is 42.5 Å². The number of nitrogens with zero attached hydrogens (tertiary/aromatic N) is 1. The van der Waals surface area contributed by atoms with Gasteiger partial charge in [0.2, 0.25) is 5.91 Å². The summed E-state index contributed by atoms with van der Waals surface area (Å²) in [6.07, 6.45) is -0.0417. The number of aromatic nitrogens is 1. The van der Waals surface area contributed by atoms with Gasteiger partial charge in [-0.2, -0.15) is 0 Å². The number of aliphatic carboxylic acids is 1. The van der Waals surface area contributed by atoms with Gasteiger partial charge in [-0.1, -0.05) is 28.1 Å². The van der Waals surface area contributed by atoms with E-state index in [1.54, 1.807) is 7.11 Å². The van der Waals surface area contributed by atoms with Crippen LogP contribution in [0.4, 0.5) is 5.69 Å². The first-order valence-electron chi connectivity index (χ1n) is 8.75. The molecule has 0 spiro atoms. The van der Waals surface area contributed by atoms with Crippen LogP contribution in [-0.2, 0) is 22.6 Å². The van der Waals surface area contributed by atoms with Crippen molar-refractivity contribution in [1.82, 2.24) is 4.57 Å². The van der Waals surface area contributed by atoms with E-state index in [1.165, 1.54) is 0 Å². The highest BCUT2D eigenvalue weighted by Crippen LogP contribution is 2.30. The van der Waals surface area contributed by atoms with Crippen molar-refractivity contribution in [1.29, 1.82) is 0 Å². The van der Waals surface area contributed by atoms with E-state index in [9.17, 15) is 14.7 Å². The molecule has 0 aliphatic heterocycles. The molecule has 2 aromatic carbocycles. The van der Waals surface area contributed by atoms with Gasteiger partial charge in [0.15, 0.2) is 0 Å². The first-order chi connectivity index (χ1) is 13.4. The number of hydrogen-bond donors (Lipinski definition) is 2. The zero-order chi connectivity index (χ0) is 20.3. The Labute approximate surface area is 171 Å². The van der Waals surface area contributed by atoms with Gasteiger partial charge >= 0.3 is 5.97 Å². The van der Waals surface area contributed by atoms with Crippen LogP contribution in [0.3, 0.4) is 0 Å². The van der Waals surface area contributed by atoms with E-state index in [4.69, 9.17) is 4.74 Å². The molecule has 3 aromatic rings. The molecule has 0 atom stereocenters. The molecule has 3 rings (SSSR count). The van der Waals surface area contributed by atoms with Crippen molar-refractivity contribution >= 4 is 44.4 Å². The van der Waals surface area contributed by atoms with Crippen molar-refractivity contribution in [3.8, 4) is 5.75 Å². The van der Waals surface area contributed by atoms with Crippen LogP contribution in [0.2, 0.25) is 0 Å². The minimum Gasteiger partial charge on any atom is -0.497 e. The number of nitrogens with one attached hydrogen (secondary N) is 1. The maximum atomic E-state index is 11.5. The predicted octanol–water partition coefficient (Wildman–Crippen LogP) is 3.97. The SMILES string of the molecule is COc1ccc2c(c1)c(CC(=O)O)c(C)n2Cc1ccc(NC(=O)CBr)cc1. The lowest BCUT2D eigenvalue weighted by molar-refractivity contribution is -0.136. The summed E-state index contributed by atoms with van der Waals surface area (Å²) in [6, 6.07) is 13.3. The molecule has 1 aromatic heterocycles. The maximum Gasteiger partial charge on any atom is 0.307 e. The molecule has 0 saturated carbocycles. The molecule has 1 heterocycles. The van der Waals surface area contributed by atoms with Crippen LogP contribution < -0.4 is 10.1 Å². The van der Waals surface area contributed by atoms with E-state index in [-0.39, 0.29) is 17.7 Å². The average Bonchev–Trinajstić information content (AvgIpc) is 2.94. The molecule has 0 fully saturated rings. The molecule has 0 aliphatic carbocycles. The molecule has 146 valence electrons. The molecule has 6 nitrogen and oxygen atoms in total. The fourth-order valence-electron chi connectivity index (χ4n) is 3.31. The maximum absolute atomic E-state index is 11.5. The standard InChI is InChI=1S/C21H21BrN2O4/c1-13-17(10-21(26)27)18-9-16(28-2)7-8-19(18)24(13)12-14-3-5-15(6-4-14)23-20(25)11-22/h3-9H,10-12H2,1-2H3,(H,23,25)(H,26,27). The van der Waals surface area contributed by atoms with Crippen molar-refractivity contribution < 1.29 is 19.4 Å². The van der Waals surface area contributed by atoms with Gasteiger partial charge in [0.05, 0.1) is 18.9 Å². The molecule has 0 radical (unpaired) electrons. The minimum absolute atomic E-state index is 0.0417. The Morgan fingerprint density at radius 2 is 1.89 bits per heavy atom. The van der Waals surface area contributed by atoms with Crippen LogP contribution in [-0.4, -0.2) is 34.0 Å². The number of halogens is 1. The second-order valence-electron chi connectivity index (χ2n) is 6.48. The van der Waals surface area contributed by atoms with Crippen LogP contribution >= 0.6 is 15.9 Å². The van der Waals surface area contributed by atoms with Gasteiger partial charge in [-0.15, -0.1) is 0 Å². The number of carboxylic acid groups (broad SMARTS) is 1. The van der Waals surface area contributed by atoms with E-state index < -0.39 is 5.97 Å². The van der Waals surface area contributed by atoms with Crippen molar-refractivity contribution in [3.05, 3.63) is 59.3 Å². The Bertz CT molecular complexity index is 1030. The highest BCUT2D eigenvalue weighted by atomic mass is 79.9. The summed E-state index contributed by atoms with van der Waals surface area (Å²) in [5.41, 5.74) is 4.46. The summed E-state index contributed by atoms with van der Waals surface area (Å²) in [4.78, 5) is 22.8. The topological polar surface area (TPSA) is 80.6 Å². The molecule has 7 heteroatoms. The number of rotatable bonds is 7. The van der Waals surface area contributed by atoms with Crippen LogP contribution in [0, 0.1) is 6.92 Å². The van der Waals surface area contributed by atoms with E-state index in [1.807, 2.05) is 49.4 Å². The third-order valence-corrected chi connectivity index (χ3v) is 5.20. The summed E-state index contributed by atoms with van der Waals surface area (Å²) < 4.78 is 7.42. The predicted molar refractivity (Wildman–Crippen MR) is 113 cm³/mol. The fraction of sp³-hybridized carbons (Fsp3) is 0.238. The van der Waals surface area contributed by atoms with Gasteiger partial charge in [-0.3, -0.25) is 9.59 Å². The van der Waals surface area contributed by atoms with Crippen molar-refractivity contribution in [2.24, 2.45) is 0 Å². The van der Waals surface area contributed by atoms with Crippen LogP contribution in [0.5, 0.6) is 5.75 Å². The van der Waals surface area contributed by atoms with Gasteiger partial charge in [0, 0.05) is 28.8 Å². The Morgan fingerprint density at radius 1 is 1.18 bits per heavy atom. The number of benzene rings is 2. The number of carboxylic acids is 1. The lowest BCUT2D eigenvalue weighted by Gasteiger charge is -2.10. The summed E-state index contributed by atoms with van der Waals surface area (Å²) in [7, 11) is 1.60. The lowest BCUT2D eigenvalue weighted by Crippen LogP contribution is -2.12. The molecule has 1 amide bonds. The smallest absolute Gasteiger partial charge is 0.307 e. The number of carbonyl (C=O) groups is 2. The van der Waals surface area contributed by atoms with E-state index in [0.717, 1.165) is 33.4 Å². The number of hydrogen-bond acceptors (Lipinski definition) is 3. The average molecular weight is 445 g/mol. The molecule has 28 heavy (non-hydrogen) atoms. The van der Waals surface area contributed by atoms with E-state index >= 15 is 0 Å². The number of alkyl halides is 1. The third-order valence-electron chi connectivity index (χ3n) is 4.69. The number of ether oxygens (including phenoxy) is 1. The number of carbonyl (C=O) groups excluding carboxylic acids is 1. The zero-order valence-corrected chi connectivity index (χ0v) is 17.2. The number of anilines is 1. The van der Waals surface area contributed by atoms with Crippen LogP contribution in [0.25, 0.3) is 10.9 Å². The molecule has 2 N–H and O–H groups in total. The summed E-state index contributed by atoms with van der Waals surface area (Å²) in [5, 5.41) is 13.2. The number of amides is 1. The highest BCUT2D eigenvalue weighted by molar-refractivity contribution is 9.09. The monoisotopic (exact) mass is 444 g/mol. The van der Waals surface area contributed by atoms with Gasteiger partial charge < -0.3 is 19.7 Å². The Morgan fingerprint density at radius 3 is 2.50 bits per heavy atom. The largest absolute Gasteiger partial charge is 0.497 e. The van der Waals surface area contributed by atoms with Gasteiger partial charge in [-0.05, 0) is 48.4 Å². The Kier molecular flexibility index (Phi) is 6.04. The number of methoxy groups -OCH3 is 1. The fourth-order valence-corrected chi connectivity index (χ4v) is 3.45. The Hall–Kier alpha value is -2.80. The molecular weight excluding hydrogens is 424 g/mol. The van der Waals surface area contributed by atoms with Gasteiger partial charge in [-0.25, -0.2) is 0 Å². The second-order valence-corrected chi connectivity index (χ2v) is 7.04. The van der Waals surface area contributed by atoms with Gasteiger partial charge in [0.1, 0.15) is 5.75 Å². The van der Waals surface area contributed by atoms with E-state index in [2.05, 4.69) is 25.8 Å². The van der Waals surface area contributed by atoms with Crippen molar-refractivity contribution in [2.75, 3.05) is 17.8 Å². The number of fused-ring (bicyclic) bond motifs is 1. The van der Waals surface area contributed by atoms with Crippen molar-refractivity contribution in [3.63, 3.8) is 0 Å². The molecule has 0 saturated heterocycles. The first kappa shape index (κ1) is 19.9. The molecule has 0 aliphatic rings. The highest BCUT2D eigenvalue weighted by Gasteiger charge is 2.17. The quantitative estimate of drug-likeness (QED) is 0.540. The Balaban J connectivity index is 1.97. The van der Waals surface area contributed by atoms with Crippen molar-refractivity contribution in [2.45, 2.75) is 19.9 Å². The summed E-state index contributed by atoms with van der Waals surface area (Å²) in [6.45, 7) is 2.54. The minimum atomic E-state index is -0.864. The third kappa shape index (κ3) is 4.20. The molecule has 0 unspecified atom stereocenters. The summed E-state index contributed by atoms with van der Waals surface area (Å²) >= 11 is 3.13. The zero-order valence-electron chi connectivity index (χ0n) is 15.7. The van der Waals surface area contributed by atoms with Gasteiger partial charge in [0.25, 0.3) is 0 Å². The lowest BCUT2D eigenvalue weighted by atomic mass is 10.1. The summed E-state index contributed by atoms with van der Waals surface area (Å²) in [5.74, 6) is -0.271. The molecular formula is C21H21BrN2O4. The van der Waals surface area contributed by atoms with E-state index in [0.29, 0.717) is 12.3 Å². The van der Waals surface area contributed by atoms with Crippen LogP contribution in [0.1, 0.15) is 16.8 Å². The molecule has 0 bridgehead atoms. The normalized spacial score (nSPS) is 10.8. The first-order valence-corrected chi connectivity index (χ1v) is 9.87.